The molecule has 2 aromatic carbocycles. The third-order valence-corrected chi connectivity index (χ3v) is 3.78. The zero-order valence-electron chi connectivity index (χ0n) is 13.9. The Morgan fingerprint density at radius 1 is 1.09 bits per heavy atom. The molecule has 0 spiro atoms. The molecule has 0 fully saturated rings. The summed E-state index contributed by atoms with van der Waals surface area (Å²) in [6, 6.07) is 18.2. The van der Waals surface area contributed by atoms with Gasteiger partial charge in [-0.1, -0.05) is 42.5 Å². The molecule has 23 heavy (non-hydrogen) atoms. The van der Waals surface area contributed by atoms with E-state index in [4.69, 9.17) is 4.74 Å². The number of carbonyl (C=O) groups excluding carboxylic acids is 1. The molecule has 0 aliphatic heterocycles. The molecule has 0 aliphatic rings. The van der Waals surface area contributed by atoms with Gasteiger partial charge in [0, 0.05) is 6.42 Å². The first kappa shape index (κ1) is 17.1. The molecule has 0 saturated heterocycles. The van der Waals surface area contributed by atoms with Crippen LogP contribution in [0.3, 0.4) is 0 Å². The van der Waals surface area contributed by atoms with Gasteiger partial charge in [-0.3, -0.25) is 4.79 Å². The van der Waals surface area contributed by atoms with Gasteiger partial charge in [0.2, 0.25) is 5.91 Å². The van der Waals surface area contributed by atoms with Gasteiger partial charge >= 0.3 is 0 Å². The minimum Gasteiger partial charge on any atom is -0.494 e. The first-order valence-corrected chi connectivity index (χ1v) is 8.25. The van der Waals surface area contributed by atoms with Crippen molar-refractivity contribution in [2.24, 2.45) is 0 Å². The molecule has 122 valence electrons. The fraction of sp³-hybridized carbons (Fsp3) is 0.350. The molecule has 0 heterocycles. The van der Waals surface area contributed by atoms with Gasteiger partial charge < -0.3 is 10.1 Å². The van der Waals surface area contributed by atoms with Gasteiger partial charge in [0.15, 0.2) is 0 Å². The Labute approximate surface area is 138 Å². The molecule has 0 radical (unpaired) electrons. The summed E-state index contributed by atoms with van der Waals surface area (Å²) in [6.45, 7) is 4.63. The van der Waals surface area contributed by atoms with E-state index >= 15 is 0 Å². The highest BCUT2D eigenvalue weighted by molar-refractivity contribution is 5.76. The molecule has 3 heteroatoms. The molecule has 0 unspecified atom stereocenters. The average Bonchev–Trinajstić information content (AvgIpc) is 2.57. The predicted molar refractivity (Wildman–Crippen MR) is 93.5 cm³/mol. The number of hydrogen-bond acceptors (Lipinski definition) is 2. The number of aryl methyl sites for hydroxylation is 1. The lowest BCUT2D eigenvalue weighted by Gasteiger charge is -2.15. The number of ether oxygens (including phenoxy) is 1. The van der Waals surface area contributed by atoms with Crippen LogP contribution >= 0.6 is 0 Å². The van der Waals surface area contributed by atoms with E-state index in [1.54, 1.807) is 0 Å². The molecule has 2 rings (SSSR count). The molecule has 0 aliphatic carbocycles. The maximum atomic E-state index is 12.1. The van der Waals surface area contributed by atoms with E-state index in [0.29, 0.717) is 13.0 Å². The van der Waals surface area contributed by atoms with E-state index in [2.05, 4.69) is 17.4 Å². The summed E-state index contributed by atoms with van der Waals surface area (Å²) in [5.74, 6) is 0.958. The minimum atomic E-state index is 0.00917. The van der Waals surface area contributed by atoms with E-state index in [-0.39, 0.29) is 11.9 Å². The topological polar surface area (TPSA) is 38.3 Å². The second-order valence-corrected chi connectivity index (χ2v) is 5.63. The molecule has 1 atom stereocenters. The summed E-state index contributed by atoms with van der Waals surface area (Å²) in [6.07, 6.45) is 2.35. The molecule has 0 aromatic heterocycles. The van der Waals surface area contributed by atoms with Gasteiger partial charge in [-0.15, -0.1) is 0 Å². The second kappa shape index (κ2) is 8.99. The average molecular weight is 311 g/mol. The van der Waals surface area contributed by atoms with Gasteiger partial charge in [0.25, 0.3) is 0 Å². The van der Waals surface area contributed by atoms with Gasteiger partial charge in [-0.25, -0.2) is 0 Å². The highest BCUT2D eigenvalue weighted by Gasteiger charge is 2.09. The zero-order valence-corrected chi connectivity index (χ0v) is 13.9. The van der Waals surface area contributed by atoms with Crippen LogP contribution in [0.1, 0.15) is 43.9 Å². The van der Waals surface area contributed by atoms with E-state index in [0.717, 1.165) is 24.2 Å². The van der Waals surface area contributed by atoms with Crippen molar-refractivity contribution in [2.75, 3.05) is 6.61 Å². The summed E-state index contributed by atoms with van der Waals surface area (Å²) in [5.41, 5.74) is 2.37. The number of rotatable bonds is 8. The maximum Gasteiger partial charge on any atom is 0.220 e. The number of amides is 1. The number of carbonyl (C=O) groups is 1. The van der Waals surface area contributed by atoms with E-state index in [1.807, 2.05) is 56.3 Å². The Bertz CT molecular complexity index is 593. The van der Waals surface area contributed by atoms with Gasteiger partial charge in [-0.05, 0) is 49.9 Å². The molecule has 2 aromatic rings. The lowest BCUT2D eigenvalue weighted by atomic mass is 10.1. The fourth-order valence-corrected chi connectivity index (χ4v) is 2.51. The quantitative estimate of drug-likeness (QED) is 0.790. The normalized spacial score (nSPS) is 11.7. The molecular formula is C20H25NO2. The van der Waals surface area contributed by atoms with Crippen LogP contribution in [0.25, 0.3) is 0 Å². The van der Waals surface area contributed by atoms with Crippen molar-refractivity contribution in [3.63, 3.8) is 0 Å². The maximum absolute atomic E-state index is 12.1. The highest BCUT2D eigenvalue weighted by atomic mass is 16.5. The van der Waals surface area contributed by atoms with Gasteiger partial charge in [-0.2, -0.15) is 0 Å². The Balaban J connectivity index is 1.75. The van der Waals surface area contributed by atoms with Crippen LogP contribution in [-0.2, 0) is 11.2 Å². The van der Waals surface area contributed by atoms with Crippen molar-refractivity contribution in [2.45, 2.75) is 39.2 Å². The zero-order chi connectivity index (χ0) is 16.5. The number of nitrogens with one attached hydrogen (secondary N) is 1. The van der Waals surface area contributed by atoms with Crippen LogP contribution in [0.2, 0.25) is 0 Å². The summed E-state index contributed by atoms with van der Waals surface area (Å²) >= 11 is 0. The summed E-state index contributed by atoms with van der Waals surface area (Å²) in [7, 11) is 0. The van der Waals surface area contributed by atoms with Crippen molar-refractivity contribution in [3.8, 4) is 5.75 Å². The SMILES string of the molecule is CCOc1ccc([C@H](C)NC(=O)CCCc2ccccc2)cc1. The third-order valence-electron chi connectivity index (χ3n) is 3.78. The largest absolute Gasteiger partial charge is 0.494 e. The molecule has 3 nitrogen and oxygen atoms in total. The van der Waals surface area contributed by atoms with Crippen molar-refractivity contribution >= 4 is 5.91 Å². The van der Waals surface area contributed by atoms with E-state index < -0.39 is 0 Å². The first-order valence-electron chi connectivity index (χ1n) is 8.25. The van der Waals surface area contributed by atoms with Crippen molar-refractivity contribution in [1.82, 2.24) is 5.32 Å². The van der Waals surface area contributed by atoms with Crippen molar-refractivity contribution in [1.29, 1.82) is 0 Å². The molecular weight excluding hydrogens is 286 g/mol. The Morgan fingerprint density at radius 2 is 1.78 bits per heavy atom. The number of hydrogen-bond donors (Lipinski definition) is 1. The highest BCUT2D eigenvalue weighted by Crippen LogP contribution is 2.18. The molecule has 1 N–H and O–H groups in total. The van der Waals surface area contributed by atoms with Gasteiger partial charge in [0.05, 0.1) is 12.6 Å². The third kappa shape index (κ3) is 5.78. The number of benzene rings is 2. The van der Waals surface area contributed by atoms with E-state index in [1.165, 1.54) is 5.56 Å². The minimum absolute atomic E-state index is 0.00917. The fourth-order valence-electron chi connectivity index (χ4n) is 2.51. The summed E-state index contributed by atoms with van der Waals surface area (Å²) < 4.78 is 5.43. The standard InChI is InChI=1S/C20H25NO2/c1-3-23-19-14-12-18(13-15-19)16(2)21-20(22)11-7-10-17-8-5-4-6-9-17/h4-6,8-9,12-16H,3,7,10-11H2,1-2H3,(H,21,22)/t16-/m0/s1. The second-order valence-electron chi connectivity index (χ2n) is 5.63. The predicted octanol–water partition coefficient (Wildman–Crippen LogP) is 4.29. The molecule has 0 saturated carbocycles. The van der Waals surface area contributed by atoms with E-state index in [9.17, 15) is 4.79 Å². The Morgan fingerprint density at radius 3 is 2.43 bits per heavy atom. The molecule has 0 bridgehead atoms. The smallest absolute Gasteiger partial charge is 0.220 e. The summed E-state index contributed by atoms with van der Waals surface area (Å²) in [4.78, 5) is 12.1. The van der Waals surface area contributed by atoms with Crippen molar-refractivity contribution < 1.29 is 9.53 Å². The Kier molecular flexibility index (Phi) is 6.67. The van der Waals surface area contributed by atoms with Crippen molar-refractivity contribution in [3.05, 3.63) is 65.7 Å². The lowest BCUT2D eigenvalue weighted by Crippen LogP contribution is -2.26. The van der Waals surface area contributed by atoms with Crippen LogP contribution in [0.5, 0.6) is 5.75 Å². The lowest BCUT2D eigenvalue weighted by molar-refractivity contribution is -0.121. The van der Waals surface area contributed by atoms with Crippen LogP contribution in [0.4, 0.5) is 0 Å². The van der Waals surface area contributed by atoms with Crippen LogP contribution in [0, 0.1) is 0 Å². The van der Waals surface area contributed by atoms with Gasteiger partial charge in [0.1, 0.15) is 5.75 Å². The van der Waals surface area contributed by atoms with Crippen LogP contribution in [-0.4, -0.2) is 12.5 Å². The summed E-state index contributed by atoms with van der Waals surface area (Å²) in [5, 5.41) is 3.05. The Hall–Kier alpha value is -2.29. The van der Waals surface area contributed by atoms with Crippen LogP contribution < -0.4 is 10.1 Å². The molecule has 1 amide bonds. The van der Waals surface area contributed by atoms with Crippen LogP contribution in [0.15, 0.2) is 54.6 Å². The monoisotopic (exact) mass is 311 g/mol. The first-order chi connectivity index (χ1) is 11.2.